The minimum atomic E-state index is -1.25. The van der Waals surface area contributed by atoms with Crippen LogP contribution in [0.5, 0.6) is 0 Å². The summed E-state index contributed by atoms with van der Waals surface area (Å²) in [6.45, 7) is 5.51. The van der Waals surface area contributed by atoms with Crippen molar-refractivity contribution in [2.45, 2.75) is 12.7 Å². The molecule has 0 spiro atoms. The molecule has 0 aliphatic carbocycles. The molecule has 124 valence electrons. The van der Waals surface area contributed by atoms with Crippen LogP contribution in [0.15, 0.2) is 46.7 Å². The Morgan fingerprint density at radius 2 is 2.08 bits per heavy atom. The largest absolute Gasteiger partial charge is 0.309 e. The van der Waals surface area contributed by atoms with Crippen molar-refractivity contribution in [1.82, 2.24) is 9.97 Å². The first-order valence-corrected chi connectivity index (χ1v) is 9.90. The molecule has 1 aromatic carbocycles. The highest BCUT2D eigenvalue weighted by Gasteiger charge is 2.17. The van der Waals surface area contributed by atoms with Crippen molar-refractivity contribution in [2.24, 2.45) is 0 Å². The van der Waals surface area contributed by atoms with E-state index in [1.165, 1.54) is 11.3 Å². The normalized spacial score (nSPS) is 12.4. The smallest absolute Gasteiger partial charge is 0.260 e. The Labute approximate surface area is 150 Å². The van der Waals surface area contributed by atoms with Gasteiger partial charge in [0, 0.05) is 26.3 Å². The number of benzene rings is 1. The molecule has 1 N–H and O–H groups in total. The number of aromatic nitrogens is 2. The summed E-state index contributed by atoms with van der Waals surface area (Å²) in [6, 6.07) is 9.77. The fraction of sp³-hybridized carbons (Fsp3) is 0.176. The first-order chi connectivity index (χ1) is 11.5. The lowest BCUT2D eigenvalue weighted by Gasteiger charge is -2.03. The number of H-pyrrole nitrogens is 1. The number of nitrogens with zero attached hydrogens (tertiary/aromatic N) is 1. The van der Waals surface area contributed by atoms with Crippen molar-refractivity contribution in [1.29, 1.82) is 0 Å². The minimum absolute atomic E-state index is 0.147. The summed E-state index contributed by atoms with van der Waals surface area (Å²) in [5.74, 6) is 0.737. The van der Waals surface area contributed by atoms with Crippen LogP contribution in [0.25, 0.3) is 21.3 Å². The van der Waals surface area contributed by atoms with E-state index < -0.39 is 10.8 Å². The van der Waals surface area contributed by atoms with Gasteiger partial charge >= 0.3 is 0 Å². The van der Waals surface area contributed by atoms with E-state index in [4.69, 9.17) is 11.6 Å². The van der Waals surface area contributed by atoms with Gasteiger partial charge in [-0.3, -0.25) is 9.00 Å². The van der Waals surface area contributed by atoms with E-state index in [0.29, 0.717) is 21.1 Å². The zero-order valence-electron chi connectivity index (χ0n) is 13.0. The molecule has 0 saturated heterocycles. The predicted molar refractivity (Wildman–Crippen MR) is 102 cm³/mol. The second-order valence-electron chi connectivity index (χ2n) is 5.34. The molecular formula is C17H15ClN2O2S2. The van der Waals surface area contributed by atoms with E-state index in [2.05, 4.69) is 16.5 Å². The maximum absolute atomic E-state index is 12.6. The molecule has 0 aliphatic rings. The van der Waals surface area contributed by atoms with Gasteiger partial charge in [0.25, 0.3) is 5.56 Å². The van der Waals surface area contributed by atoms with E-state index in [0.717, 1.165) is 16.0 Å². The van der Waals surface area contributed by atoms with E-state index in [1.807, 2.05) is 37.3 Å². The summed E-state index contributed by atoms with van der Waals surface area (Å²) in [7, 11) is -1.25. The van der Waals surface area contributed by atoms with Gasteiger partial charge in [0.1, 0.15) is 10.7 Å². The van der Waals surface area contributed by atoms with Crippen LogP contribution < -0.4 is 5.56 Å². The number of thiophene rings is 1. The van der Waals surface area contributed by atoms with Crippen molar-refractivity contribution >= 4 is 44.0 Å². The van der Waals surface area contributed by atoms with Gasteiger partial charge < -0.3 is 4.98 Å². The summed E-state index contributed by atoms with van der Waals surface area (Å²) in [5.41, 5.74) is 1.69. The summed E-state index contributed by atoms with van der Waals surface area (Å²) in [6.07, 6.45) is 0. The van der Waals surface area contributed by atoms with Crippen molar-refractivity contribution in [3.63, 3.8) is 0 Å². The van der Waals surface area contributed by atoms with Crippen molar-refractivity contribution in [3.8, 4) is 11.1 Å². The molecule has 4 nitrogen and oxygen atoms in total. The van der Waals surface area contributed by atoms with Gasteiger partial charge in [-0.05, 0) is 12.5 Å². The number of fused-ring (bicyclic) bond motifs is 1. The third-order valence-corrected chi connectivity index (χ3v) is 6.02. The molecule has 1 atom stereocenters. The topological polar surface area (TPSA) is 62.8 Å². The van der Waals surface area contributed by atoms with Crippen molar-refractivity contribution in [2.75, 3.05) is 5.75 Å². The predicted octanol–water partition coefficient (Wildman–Crippen LogP) is 3.96. The van der Waals surface area contributed by atoms with Crippen LogP contribution in [0, 0.1) is 6.92 Å². The Kier molecular flexibility index (Phi) is 4.99. The lowest BCUT2D eigenvalue weighted by Crippen LogP contribution is -2.13. The molecule has 0 fully saturated rings. The maximum atomic E-state index is 12.6. The Balaban J connectivity index is 2.07. The molecule has 0 aliphatic heterocycles. The van der Waals surface area contributed by atoms with Gasteiger partial charge in [-0.1, -0.05) is 48.5 Å². The lowest BCUT2D eigenvalue weighted by molar-refractivity contribution is 0.683. The van der Waals surface area contributed by atoms with Crippen molar-refractivity contribution < 1.29 is 4.21 Å². The fourth-order valence-electron chi connectivity index (χ4n) is 2.56. The number of aryl methyl sites for hydroxylation is 1. The van der Waals surface area contributed by atoms with Gasteiger partial charge in [0.2, 0.25) is 0 Å². The Hall–Kier alpha value is -1.76. The quantitative estimate of drug-likeness (QED) is 0.730. The highest BCUT2D eigenvalue weighted by atomic mass is 35.5. The van der Waals surface area contributed by atoms with Crippen LogP contribution in [0.3, 0.4) is 0 Å². The molecule has 7 heteroatoms. The minimum Gasteiger partial charge on any atom is -0.309 e. The molecule has 0 amide bonds. The second-order valence-corrected chi connectivity index (χ2v) is 8.53. The van der Waals surface area contributed by atoms with Crippen LogP contribution in [-0.2, 0) is 16.6 Å². The molecular weight excluding hydrogens is 364 g/mol. The SMILES string of the molecule is C=C(Cl)CS(=O)Cc1nc2sc(C)c(-c3ccccc3)c2c(=O)[nH]1. The van der Waals surface area contributed by atoms with Crippen LogP contribution >= 0.6 is 22.9 Å². The summed E-state index contributed by atoms with van der Waals surface area (Å²) in [5, 5.41) is 0.912. The van der Waals surface area contributed by atoms with Crippen LogP contribution in [0.2, 0.25) is 0 Å². The van der Waals surface area contributed by atoms with Gasteiger partial charge in [-0.2, -0.15) is 0 Å². The molecule has 3 rings (SSSR count). The highest BCUT2D eigenvalue weighted by molar-refractivity contribution is 7.84. The molecule has 1 unspecified atom stereocenters. The molecule has 0 radical (unpaired) electrons. The van der Waals surface area contributed by atoms with Gasteiger partial charge in [0.15, 0.2) is 0 Å². The second kappa shape index (κ2) is 7.01. The lowest BCUT2D eigenvalue weighted by atomic mass is 10.0. The summed E-state index contributed by atoms with van der Waals surface area (Å²) < 4.78 is 12.0. The van der Waals surface area contributed by atoms with Gasteiger partial charge in [0.05, 0.1) is 16.9 Å². The molecule has 0 saturated carbocycles. The number of nitrogens with one attached hydrogen (secondary N) is 1. The Bertz CT molecular complexity index is 993. The third kappa shape index (κ3) is 3.50. The number of hydrogen-bond donors (Lipinski definition) is 1. The molecule has 2 heterocycles. The number of rotatable bonds is 5. The summed E-state index contributed by atoms with van der Waals surface area (Å²) >= 11 is 7.15. The number of hydrogen-bond acceptors (Lipinski definition) is 4. The van der Waals surface area contributed by atoms with E-state index in [1.54, 1.807) is 0 Å². The zero-order chi connectivity index (χ0) is 17.3. The Morgan fingerprint density at radius 3 is 2.75 bits per heavy atom. The average molecular weight is 379 g/mol. The van der Waals surface area contributed by atoms with Crippen LogP contribution in [0.1, 0.15) is 10.7 Å². The molecule has 2 aromatic heterocycles. The highest BCUT2D eigenvalue weighted by Crippen LogP contribution is 2.35. The number of halogens is 1. The third-order valence-electron chi connectivity index (χ3n) is 3.46. The van der Waals surface area contributed by atoms with Gasteiger partial charge in [-0.25, -0.2) is 4.98 Å². The summed E-state index contributed by atoms with van der Waals surface area (Å²) in [4.78, 5) is 21.5. The Morgan fingerprint density at radius 1 is 1.38 bits per heavy atom. The maximum Gasteiger partial charge on any atom is 0.260 e. The average Bonchev–Trinajstić information content (AvgIpc) is 2.83. The molecule has 0 bridgehead atoms. The monoisotopic (exact) mass is 378 g/mol. The molecule has 3 aromatic rings. The fourth-order valence-corrected chi connectivity index (χ4v) is 4.89. The molecule has 24 heavy (non-hydrogen) atoms. The zero-order valence-corrected chi connectivity index (χ0v) is 15.4. The van der Waals surface area contributed by atoms with Crippen molar-refractivity contribution in [3.05, 3.63) is 63.0 Å². The standard InChI is InChI=1S/C17H15ClN2O2S2/c1-10(18)8-24(22)9-13-19-16(21)15-14(11(2)23-17(15)20-13)12-6-4-3-5-7-12/h3-7H,1,8-9H2,2H3,(H,19,20,21). The van der Waals surface area contributed by atoms with Crippen LogP contribution in [-0.4, -0.2) is 19.9 Å². The number of aromatic amines is 1. The van der Waals surface area contributed by atoms with Gasteiger partial charge in [-0.15, -0.1) is 11.3 Å². The van der Waals surface area contributed by atoms with Crippen LogP contribution in [0.4, 0.5) is 0 Å². The van der Waals surface area contributed by atoms with E-state index in [9.17, 15) is 9.00 Å². The van der Waals surface area contributed by atoms with E-state index >= 15 is 0 Å². The van der Waals surface area contributed by atoms with E-state index in [-0.39, 0.29) is 17.1 Å². The first kappa shape index (κ1) is 17.1. The first-order valence-electron chi connectivity index (χ1n) is 7.21.